The molecule has 2 aliphatic heterocycles. The Labute approximate surface area is 487 Å². The van der Waals surface area contributed by atoms with Crippen molar-refractivity contribution in [2.45, 2.75) is 130 Å². The van der Waals surface area contributed by atoms with Gasteiger partial charge in [-0.3, -0.25) is 0 Å². The number of para-hydroxylation sites is 1. The average Bonchev–Trinajstić information content (AvgIpc) is 3.92. The summed E-state index contributed by atoms with van der Waals surface area (Å²) in [5.74, 6) is 0. The second-order valence-corrected chi connectivity index (χ2v) is 28.8. The van der Waals surface area contributed by atoms with Gasteiger partial charge in [-0.15, -0.1) is 11.3 Å². The predicted molar refractivity (Wildman–Crippen MR) is 353 cm³/mol. The van der Waals surface area contributed by atoms with Crippen LogP contribution in [0, 0.1) is 0 Å². The maximum Gasteiger partial charge on any atom is 0.264 e. The topological polar surface area (TPSA) is 9.72 Å². The van der Waals surface area contributed by atoms with Crippen molar-refractivity contribution in [3.8, 4) is 22.3 Å². The van der Waals surface area contributed by atoms with E-state index in [2.05, 4.69) is 305 Å². The van der Waals surface area contributed by atoms with Crippen LogP contribution in [0.15, 0.2) is 200 Å². The van der Waals surface area contributed by atoms with Gasteiger partial charge in [0, 0.05) is 60.2 Å². The maximum atomic E-state index is 2.59. The Balaban J connectivity index is 1.07. The Morgan fingerprint density at radius 1 is 0.444 bits per heavy atom. The minimum Gasteiger partial charge on any atom is -0.311 e. The van der Waals surface area contributed by atoms with Gasteiger partial charge in [0.05, 0.1) is 11.4 Å². The molecule has 0 atom stereocenters. The van der Waals surface area contributed by atoms with E-state index < -0.39 is 0 Å². The van der Waals surface area contributed by atoms with E-state index in [9.17, 15) is 0 Å². The number of nitrogens with zero attached hydrogens (tertiary/aromatic N) is 3. The van der Waals surface area contributed by atoms with Crippen LogP contribution in [-0.2, 0) is 27.1 Å². The van der Waals surface area contributed by atoms with Crippen molar-refractivity contribution in [3.63, 3.8) is 0 Å². The molecule has 0 spiro atoms. The summed E-state index contributed by atoms with van der Waals surface area (Å²) in [6, 6.07) is 77.1. The normalized spacial score (nSPS) is 15.2. The number of hydrogen-bond acceptors (Lipinski definition) is 4. The number of thiophene rings is 1. The molecule has 0 fully saturated rings. The fourth-order valence-corrected chi connectivity index (χ4v) is 14.6. The largest absolute Gasteiger partial charge is 0.311 e. The molecular formula is C76H76BN3S. The molecule has 0 unspecified atom stereocenters. The van der Waals surface area contributed by atoms with Crippen molar-refractivity contribution >= 4 is 95.0 Å². The van der Waals surface area contributed by atoms with Crippen molar-refractivity contribution in [2.75, 3.05) is 14.7 Å². The minimum absolute atomic E-state index is 0.00392. The molecular weight excluding hydrogens is 998 g/mol. The van der Waals surface area contributed by atoms with Gasteiger partial charge in [-0.25, -0.2) is 0 Å². The highest BCUT2D eigenvalue weighted by molar-refractivity contribution is 7.33. The molecule has 1 aliphatic carbocycles. The number of benzene rings is 9. The third-order valence-electron chi connectivity index (χ3n) is 18.2. The lowest BCUT2D eigenvalue weighted by atomic mass is 9.36. The number of rotatable bonds is 7. The summed E-state index contributed by atoms with van der Waals surface area (Å²) in [4.78, 5) is 7.70. The van der Waals surface area contributed by atoms with E-state index in [0.29, 0.717) is 0 Å². The fourth-order valence-electron chi connectivity index (χ4n) is 13.3. The summed E-state index contributed by atoms with van der Waals surface area (Å²) in [5, 5.41) is 1.28. The first-order valence-corrected chi connectivity index (χ1v) is 30.2. The summed E-state index contributed by atoms with van der Waals surface area (Å²) in [6.45, 7) is 30.5. The second kappa shape index (κ2) is 19.0. The molecule has 0 amide bonds. The number of fused-ring (bicyclic) bond motifs is 7. The molecule has 5 heteroatoms. The van der Waals surface area contributed by atoms with Gasteiger partial charge >= 0.3 is 0 Å². The van der Waals surface area contributed by atoms with Crippen molar-refractivity contribution in [1.29, 1.82) is 0 Å². The van der Waals surface area contributed by atoms with Gasteiger partial charge in [0.1, 0.15) is 0 Å². The predicted octanol–water partition coefficient (Wildman–Crippen LogP) is 20.0. The Hall–Kier alpha value is -7.60. The zero-order chi connectivity index (χ0) is 56.5. The lowest BCUT2D eigenvalue weighted by Crippen LogP contribution is -2.60. The maximum absolute atomic E-state index is 2.59. The molecule has 0 N–H and O–H groups in total. The first kappa shape index (κ1) is 52.8. The molecule has 3 aliphatic rings. The van der Waals surface area contributed by atoms with E-state index in [-0.39, 0.29) is 33.8 Å². The lowest BCUT2D eigenvalue weighted by Gasteiger charge is -2.43. The first-order valence-electron chi connectivity index (χ1n) is 29.4. The SMILES string of the molecule is CC(C)(C)c1ccc(N(c2ccc3c(c2)N(c2ccc(C(C)(C)C)cc2)c2cccc4c2B3c2sc3ccc(-c5ccccc5)cc3c2N4c2ccc(C(C)(C)C)cc2)c2ccccc2-c2ccc3c(c2)C(C)(C)CCC3(C)C)cc1. The van der Waals surface area contributed by atoms with Crippen LogP contribution < -0.4 is 30.4 Å². The van der Waals surface area contributed by atoms with Crippen molar-refractivity contribution in [2.24, 2.45) is 0 Å². The van der Waals surface area contributed by atoms with E-state index in [1.54, 1.807) is 0 Å². The van der Waals surface area contributed by atoms with E-state index in [4.69, 9.17) is 0 Å². The van der Waals surface area contributed by atoms with Crippen molar-refractivity contribution in [3.05, 3.63) is 228 Å². The van der Waals surface area contributed by atoms with Gasteiger partial charge in [0.15, 0.2) is 0 Å². The molecule has 0 radical (unpaired) electrons. The molecule has 1 aromatic heterocycles. The molecule has 404 valence electrons. The van der Waals surface area contributed by atoms with Crippen LogP contribution in [0.2, 0.25) is 0 Å². The lowest BCUT2D eigenvalue weighted by molar-refractivity contribution is 0.332. The van der Waals surface area contributed by atoms with E-state index in [0.717, 1.165) is 22.7 Å². The van der Waals surface area contributed by atoms with Gasteiger partial charge in [0.25, 0.3) is 6.71 Å². The zero-order valence-electron chi connectivity index (χ0n) is 49.8. The first-order chi connectivity index (χ1) is 38.5. The zero-order valence-corrected chi connectivity index (χ0v) is 50.6. The van der Waals surface area contributed by atoms with Gasteiger partial charge in [-0.2, -0.15) is 0 Å². The second-order valence-electron chi connectivity index (χ2n) is 27.7. The summed E-state index contributed by atoms with van der Waals surface area (Å²) >= 11 is 1.96. The van der Waals surface area contributed by atoms with Crippen LogP contribution in [0.5, 0.6) is 0 Å². The summed E-state index contributed by atoms with van der Waals surface area (Å²) in [5.41, 5.74) is 25.3. The highest BCUT2D eigenvalue weighted by Crippen LogP contribution is 2.52. The van der Waals surface area contributed by atoms with Gasteiger partial charge < -0.3 is 14.7 Å². The van der Waals surface area contributed by atoms with Crippen molar-refractivity contribution in [1.82, 2.24) is 0 Å². The quantitative estimate of drug-likeness (QED) is 0.147. The van der Waals surface area contributed by atoms with E-state index >= 15 is 0 Å². The van der Waals surface area contributed by atoms with E-state index in [1.165, 1.54) is 117 Å². The molecule has 9 aromatic carbocycles. The highest BCUT2D eigenvalue weighted by Gasteiger charge is 2.46. The molecule has 13 rings (SSSR count). The van der Waals surface area contributed by atoms with Crippen molar-refractivity contribution < 1.29 is 0 Å². The average molecular weight is 1070 g/mol. The highest BCUT2D eigenvalue weighted by atomic mass is 32.1. The van der Waals surface area contributed by atoms with Crippen LogP contribution in [0.1, 0.15) is 131 Å². The molecule has 0 saturated heterocycles. The van der Waals surface area contributed by atoms with Crippen LogP contribution in [0.25, 0.3) is 32.3 Å². The monoisotopic (exact) mass is 1070 g/mol. The molecule has 10 aromatic rings. The third-order valence-corrected chi connectivity index (χ3v) is 19.4. The van der Waals surface area contributed by atoms with Gasteiger partial charge in [0.2, 0.25) is 0 Å². The molecule has 81 heavy (non-hydrogen) atoms. The van der Waals surface area contributed by atoms with Crippen LogP contribution in [0.3, 0.4) is 0 Å². The molecule has 3 heterocycles. The minimum atomic E-state index is -0.0297. The standard InChI is InChI=1S/C76H76BN3S/c1-72(2,3)52-28-34-55(35-29-52)78(64-23-18-17-22-59(64)51-26-41-61-62(47-51)76(12,13)45-44-75(61,10)11)58-40-42-63-67(48-58)79(56-36-30-53(31-37-56)73(4,5)6)65-24-19-25-66-69(65)77(63)71-70(80(66)57-38-32-54(33-39-57)74(7,8)9)60-46-50(27-43-68(60)81-71)49-20-15-14-16-21-49/h14-43,46-48H,44-45H2,1-13H3. The summed E-state index contributed by atoms with van der Waals surface area (Å²) < 4.78 is 2.66. The van der Waals surface area contributed by atoms with Gasteiger partial charge in [-0.1, -0.05) is 211 Å². The molecule has 3 nitrogen and oxygen atoms in total. The van der Waals surface area contributed by atoms with Crippen LogP contribution in [0.4, 0.5) is 51.2 Å². The summed E-state index contributed by atoms with van der Waals surface area (Å²) in [7, 11) is 0. The fraction of sp³-hybridized carbons (Fsp3) is 0.263. The smallest absolute Gasteiger partial charge is 0.264 e. The Kier molecular flexibility index (Phi) is 12.4. The van der Waals surface area contributed by atoms with Crippen LogP contribution >= 0.6 is 11.3 Å². The molecule has 0 bridgehead atoms. The Bertz CT molecular complexity index is 4050. The van der Waals surface area contributed by atoms with Crippen LogP contribution in [-0.4, -0.2) is 6.71 Å². The summed E-state index contributed by atoms with van der Waals surface area (Å²) in [6.07, 6.45) is 2.36. The number of hydrogen-bond donors (Lipinski definition) is 0. The Morgan fingerprint density at radius 2 is 0.988 bits per heavy atom. The third kappa shape index (κ3) is 9.03. The molecule has 0 saturated carbocycles. The van der Waals surface area contributed by atoms with Gasteiger partial charge in [-0.05, 0) is 174 Å². The number of anilines is 9. The Morgan fingerprint density at radius 3 is 1.62 bits per heavy atom. The van der Waals surface area contributed by atoms with E-state index in [1.807, 2.05) is 11.3 Å².